The van der Waals surface area contributed by atoms with Gasteiger partial charge in [-0.1, -0.05) is 11.3 Å². The lowest BCUT2D eigenvalue weighted by Gasteiger charge is -2.04. The summed E-state index contributed by atoms with van der Waals surface area (Å²) in [5, 5.41) is 18.3. The van der Waals surface area contributed by atoms with Gasteiger partial charge in [-0.25, -0.2) is 9.78 Å². The number of rotatable bonds is 4. The first kappa shape index (κ1) is 14.2. The van der Waals surface area contributed by atoms with Crippen molar-refractivity contribution in [3.8, 4) is 0 Å². The predicted molar refractivity (Wildman–Crippen MR) is 77.3 cm³/mol. The van der Waals surface area contributed by atoms with E-state index in [1.165, 1.54) is 29.2 Å². The number of pyridine rings is 1. The highest BCUT2D eigenvalue weighted by Crippen LogP contribution is 2.34. The molecule has 2 aromatic heterocycles. The van der Waals surface area contributed by atoms with Crippen molar-refractivity contribution < 1.29 is 9.90 Å². The van der Waals surface area contributed by atoms with Crippen molar-refractivity contribution in [3.63, 3.8) is 0 Å². The zero-order chi connectivity index (χ0) is 14.0. The molecule has 100 valence electrons. The average molecular weight is 361 g/mol. The van der Waals surface area contributed by atoms with Crippen molar-refractivity contribution in [1.29, 1.82) is 0 Å². The van der Waals surface area contributed by atoms with Gasteiger partial charge >= 0.3 is 5.97 Å². The first-order valence-corrected chi connectivity index (χ1v) is 7.47. The largest absolute Gasteiger partial charge is 0.478 e. The Hall–Kier alpha value is -1.19. The van der Waals surface area contributed by atoms with Gasteiger partial charge in [-0.05, 0) is 33.8 Å². The lowest BCUT2D eigenvalue weighted by molar-refractivity contribution is 0.0692. The maximum absolute atomic E-state index is 11.2. The molecular weight excluding hydrogens is 352 g/mol. The van der Waals surface area contributed by atoms with Crippen molar-refractivity contribution in [2.75, 3.05) is 19.0 Å². The van der Waals surface area contributed by atoms with E-state index in [0.29, 0.717) is 13.8 Å². The fourth-order valence-electron chi connectivity index (χ4n) is 1.17. The monoisotopic (exact) mass is 360 g/mol. The van der Waals surface area contributed by atoms with Crippen molar-refractivity contribution in [2.24, 2.45) is 0 Å². The van der Waals surface area contributed by atoms with Crippen LogP contribution in [0.15, 0.2) is 26.1 Å². The van der Waals surface area contributed by atoms with Gasteiger partial charge in [0, 0.05) is 24.8 Å². The lowest BCUT2D eigenvalue weighted by atomic mass is 10.3. The van der Waals surface area contributed by atoms with Crippen LogP contribution < -0.4 is 4.90 Å². The van der Waals surface area contributed by atoms with E-state index in [1.807, 2.05) is 19.0 Å². The Balaban J connectivity index is 2.29. The quantitative estimate of drug-likeness (QED) is 0.897. The van der Waals surface area contributed by atoms with Gasteiger partial charge in [0.2, 0.25) is 5.13 Å². The van der Waals surface area contributed by atoms with Gasteiger partial charge in [-0.15, -0.1) is 10.2 Å². The number of carboxylic acid groups (broad SMARTS) is 1. The number of aromatic carboxylic acids is 1. The Morgan fingerprint density at radius 2 is 2.21 bits per heavy atom. The number of carboxylic acids is 1. The first-order chi connectivity index (χ1) is 8.97. The molecule has 0 saturated carbocycles. The van der Waals surface area contributed by atoms with E-state index < -0.39 is 5.97 Å². The predicted octanol–water partition coefficient (Wildman–Crippen LogP) is 2.61. The van der Waals surface area contributed by atoms with Crippen molar-refractivity contribution >= 4 is 50.1 Å². The molecule has 0 aliphatic heterocycles. The molecule has 2 aromatic rings. The summed E-state index contributed by atoms with van der Waals surface area (Å²) < 4.78 is 1.28. The second kappa shape index (κ2) is 5.85. The van der Waals surface area contributed by atoms with Crippen LogP contribution in [0.25, 0.3) is 0 Å². The molecule has 0 aliphatic carbocycles. The van der Waals surface area contributed by atoms with Gasteiger partial charge < -0.3 is 10.0 Å². The summed E-state index contributed by atoms with van der Waals surface area (Å²) in [5.74, 6) is -1.02. The van der Waals surface area contributed by atoms with Crippen LogP contribution in [0.2, 0.25) is 0 Å². The molecule has 0 atom stereocenters. The van der Waals surface area contributed by atoms with Crippen molar-refractivity contribution in [1.82, 2.24) is 15.2 Å². The summed E-state index contributed by atoms with van der Waals surface area (Å²) in [6.07, 6.45) is 1.56. The molecule has 9 heteroatoms. The molecule has 2 heterocycles. The Kier molecular flexibility index (Phi) is 4.38. The highest BCUT2D eigenvalue weighted by atomic mass is 79.9. The van der Waals surface area contributed by atoms with Crippen LogP contribution in [-0.2, 0) is 0 Å². The normalized spacial score (nSPS) is 10.5. The summed E-state index contributed by atoms with van der Waals surface area (Å²) in [6.45, 7) is 0. The second-order valence-electron chi connectivity index (χ2n) is 3.66. The Bertz CT molecular complexity index is 617. The molecular formula is C10H9BrN4O2S2. The molecule has 0 unspecified atom stereocenters. The molecule has 0 fully saturated rings. The van der Waals surface area contributed by atoms with Crippen LogP contribution in [0.5, 0.6) is 0 Å². The van der Waals surface area contributed by atoms with Crippen LogP contribution in [0.1, 0.15) is 10.4 Å². The SMILES string of the molecule is CN(C)c1nnc(Sc2ncc(Br)cc2C(=O)O)s1. The third-order valence-corrected chi connectivity index (χ3v) is 4.60. The minimum Gasteiger partial charge on any atom is -0.478 e. The van der Waals surface area contributed by atoms with Crippen LogP contribution in [0.3, 0.4) is 0 Å². The highest BCUT2D eigenvalue weighted by Gasteiger charge is 2.16. The summed E-state index contributed by atoms with van der Waals surface area (Å²) in [5.41, 5.74) is 0.140. The van der Waals surface area contributed by atoms with Crippen molar-refractivity contribution in [3.05, 3.63) is 22.3 Å². The summed E-state index contributed by atoms with van der Waals surface area (Å²) in [7, 11) is 3.74. The first-order valence-electron chi connectivity index (χ1n) is 5.05. The van der Waals surface area contributed by atoms with E-state index in [-0.39, 0.29) is 5.56 Å². The van der Waals surface area contributed by atoms with Gasteiger partial charge in [0.05, 0.1) is 5.56 Å². The smallest absolute Gasteiger partial charge is 0.338 e. The molecule has 0 saturated heterocycles. The fraction of sp³-hybridized carbons (Fsp3) is 0.200. The average Bonchev–Trinajstić information content (AvgIpc) is 2.80. The second-order valence-corrected chi connectivity index (χ2v) is 6.77. The number of aromatic nitrogens is 3. The number of hydrogen-bond acceptors (Lipinski definition) is 7. The molecule has 1 N–H and O–H groups in total. The Morgan fingerprint density at radius 3 is 2.79 bits per heavy atom. The number of nitrogens with zero attached hydrogens (tertiary/aromatic N) is 4. The number of carbonyl (C=O) groups is 1. The topological polar surface area (TPSA) is 79.2 Å². The minimum atomic E-state index is -1.02. The van der Waals surface area contributed by atoms with Crippen molar-refractivity contribution in [2.45, 2.75) is 9.37 Å². The maximum Gasteiger partial charge on any atom is 0.338 e. The maximum atomic E-state index is 11.2. The molecule has 19 heavy (non-hydrogen) atoms. The van der Waals surface area contributed by atoms with E-state index in [0.717, 1.165) is 5.13 Å². The molecule has 6 nitrogen and oxygen atoms in total. The van der Waals surface area contributed by atoms with E-state index in [4.69, 9.17) is 5.11 Å². The van der Waals surface area contributed by atoms with Gasteiger partial charge in [0.15, 0.2) is 4.34 Å². The molecule has 0 spiro atoms. The van der Waals surface area contributed by atoms with E-state index in [1.54, 1.807) is 6.20 Å². The third kappa shape index (κ3) is 3.43. The van der Waals surface area contributed by atoms with E-state index in [9.17, 15) is 4.79 Å². The number of hydrogen-bond donors (Lipinski definition) is 1. The fourth-order valence-corrected chi connectivity index (χ4v) is 3.24. The standard InChI is InChI=1S/C10H9BrN4O2S2/c1-15(2)9-13-14-10(19-9)18-7-6(8(16)17)3-5(11)4-12-7/h3-4H,1-2H3,(H,16,17). The van der Waals surface area contributed by atoms with Crippen LogP contribution >= 0.6 is 39.0 Å². The molecule has 2 rings (SSSR count). The van der Waals surface area contributed by atoms with Gasteiger partial charge in [-0.3, -0.25) is 0 Å². The van der Waals surface area contributed by atoms with Gasteiger partial charge in [-0.2, -0.15) is 0 Å². The highest BCUT2D eigenvalue weighted by molar-refractivity contribution is 9.10. The minimum absolute atomic E-state index is 0.140. The molecule has 0 radical (unpaired) electrons. The lowest BCUT2D eigenvalue weighted by Crippen LogP contribution is -2.07. The molecule has 0 aliphatic rings. The molecule has 0 bridgehead atoms. The van der Waals surface area contributed by atoms with Gasteiger partial charge in [0.25, 0.3) is 0 Å². The zero-order valence-corrected chi connectivity index (χ0v) is 13.2. The van der Waals surface area contributed by atoms with E-state index in [2.05, 4.69) is 31.1 Å². The van der Waals surface area contributed by atoms with Crippen LogP contribution in [-0.4, -0.2) is 40.4 Å². The number of anilines is 1. The Labute approximate surface area is 126 Å². The summed E-state index contributed by atoms with van der Waals surface area (Å²) in [4.78, 5) is 17.1. The molecule has 0 amide bonds. The third-order valence-electron chi connectivity index (χ3n) is 2.01. The molecule has 0 aromatic carbocycles. The van der Waals surface area contributed by atoms with Crippen LogP contribution in [0, 0.1) is 0 Å². The van der Waals surface area contributed by atoms with Gasteiger partial charge in [0.1, 0.15) is 5.03 Å². The van der Waals surface area contributed by atoms with E-state index >= 15 is 0 Å². The number of halogens is 1. The summed E-state index contributed by atoms with van der Waals surface area (Å²) >= 11 is 5.78. The van der Waals surface area contributed by atoms with Crippen LogP contribution in [0.4, 0.5) is 5.13 Å². The summed E-state index contributed by atoms with van der Waals surface area (Å²) in [6, 6.07) is 1.52. The Morgan fingerprint density at radius 1 is 1.47 bits per heavy atom. The zero-order valence-electron chi connectivity index (χ0n) is 9.99.